The summed E-state index contributed by atoms with van der Waals surface area (Å²) < 4.78 is 0. The molecule has 0 aliphatic heterocycles. The molecular weight excluding hydrogens is 262 g/mol. The lowest BCUT2D eigenvalue weighted by Gasteiger charge is -2.31. The van der Waals surface area contributed by atoms with Crippen molar-refractivity contribution in [2.75, 3.05) is 18.5 Å². The van der Waals surface area contributed by atoms with Crippen LogP contribution < -0.4 is 10.6 Å². The summed E-state index contributed by atoms with van der Waals surface area (Å²) in [7, 11) is 1.90. The molecule has 104 valence electrons. The second kappa shape index (κ2) is 5.39. The summed E-state index contributed by atoms with van der Waals surface area (Å²) >= 11 is 6.11. The van der Waals surface area contributed by atoms with E-state index in [-0.39, 0.29) is 5.84 Å². The number of benzene rings is 1. The van der Waals surface area contributed by atoms with Crippen molar-refractivity contribution in [1.82, 2.24) is 0 Å². The minimum Gasteiger partial charge on any atom is -0.388 e. The number of halogens is 1. The molecule has 1 aliphatic rings. The highest BCUT2D eigenvalue weighted by atomic mass is 35.5. The summed E-state index contributed by atoms with van der Waals surface area (Å²) in [6.45, 7) is 0.535. The molecule has 0 amide bonds. The Labute approximate surface area is 118 Å². The summed E-state index contributed by atoms with van der Waals surface area (Å²) in [5.74, 6) is -0.0501. The molecular formula is C14H20ClN3O. The summed E-state index contributed by atoms with van der Waals surface area (Å²) in [4.78, 5) is 1.94. The van der Waals surface area contributed by atoms with Crippen molar-refractivity contribution in [1.29, 1.82) is 5.41 Å². The van der Waals surface area contributed by atoms with Gasteiger partial charge in [0, 0.05) is 19.3 Å². The first kappa shape index (κ1) is 14.2. The van der Waals surface area contributed by atoms with E-state index in [1.807, 2.05) is 24.1 Å². The van der Waals surface area contributed by atoms with E-state index in [0.29, 0.717) is 17.1 Å². The van der Waals surface area contributed by atoms with E-state index in [2.05, 4.69) is 0 Å². The molecule has 4 N–H and O–H groups in total. The summed E-state index contributed by atoms with van der Waals surface area (Å²) in [6, 6.07) is 5.43. The first-order valence-electron chi connectivity index (χ1n) is 6.49. The number of nitrogens with one attached hydrogen (secondary N) is 1. The molecule has 4 nitrogen and oxygen atoms in total. The molecule has 0 atom stereocenters. The second-order valence-electron chi connectivity index (χ2n) is 5.34. The van der Waals surface area contributed by atoms with Crippen LogP contribution in [-0.2, 0) is 0 Å². The lowest BCUT2D eigenvalue weighted by atomic mass is 10.0. The van der Waals surface area contributed by atoms with E-state index in [0.717, 1.165) is 31.4 Å². The number of rotatable bonds is 4. The van der Waals surface area contributed by atoms with E-state index < -0.39 is 5.60 Å². The van der Waals surface area contributed by atoms with Gasteiger partial charge in [-0.25, -0.2) is 0 Å². The molecule has 0 spiro atoms. The zero-order valence-corrected chi connectivity index (χ0v) is 11.9. The molecule has 1 fully saturated rings. The Balaban J connectivity index is 2.26. The van der Waals surface area contributed by atoms with Gasteiger partial charge in [-0.3, -0.25) is 5.41 Å². The van der Waals surface area contributed by atoms with Gasteiger partial charge in [-0.2, -0.15) is 0 Å². The SMILES string of the molecule is CN(CC1(O)CCCC1)c1cccc(Cl)c1C(=N)N. The van der Waals surface area contributed by atoms with Gasteiger partial charge in [0.2, 0.25) is 0 Å². The minimum atomic E-state index is -0.634. The van der Waals surface area contributed by atoms with Gasteiger partial charge in [-0.15, -0.1) is 0 Å². The van der Waals surface area contributed by atoms with E-state index in [1.54, 1.807) is 6.07 Å². The second-order valence-corrected chi connectivity index (χ2v) is 5.74. The quantitative estimate of drug-likeness (QED) is 0.586. The number of nitrogens with two attached hydrogens (primary N) is 1. The van der Waals surface area contributed by atoms with Gasteiger partial charge >= 0.3 is 0 Å². The number of nitrogens with zero attached hydrogens (tertiary/aromatic N) is 1. The average Bonchev–Trinajstić information content (AvgIpc) is 2.74. The van der Waals surface area contributed by atoms with Crippen LogP contribution in [0.3, 0.4) is 0 Å². The highest BCUT2D eigenvalue weighted by Crippen LogP contribution is 2.33. The molecule has 0 saturated heterocycles. The monoisotopic (exact) mass is 281 g/mol. The molecule has 1 aliphatic carbocycles. The van der Waals surface area contributed by atoms with Gasteiger partial charge in [0.1, 0.15) is 5.84 Å². The lowest BCUT2D eigenvalue weighted by Crippen LogP contribution is -2.40. The molecule has 19 heavy (non-hydrogen) atoms. The molecule has 0 aromatic heterocycles. The Morgan fingerprint density at radius 3 is 2.68 bits per heavy atom. The van der Waals surface area contributed by atoms with Crippen LogP contribution in [0.25, 0.3) is 0 Å². The number of anilines is 1. The van der Waals surface area contributed by atoms with E-state index in [4.69, 9.17) is 22.7 Å². The third kappa shape index (κ3) is 3.01. The Hall–Kier alpha value is -1.26. The average molecular weight is 282 g/mol. The fraction of sp³-hybridized carbons (Fsp3) is 0.500. The van der Waals surface area contributed by atoms with Gasteiger partial charge in [-0.1, -0.05) is 30.5 Å². The number of hydrogen-bond acceptors (Lipinski definition) is 3. The maximum Gasteiger partial charge on any atom is 0.126 e. The standard InChI is InChI=1S/C14H20ClN3O/c1-18(9-14(19)7-2-3-8-14)11-6-4-5-10(15)12(11)13(16)17/h4-6,19H,2-3,7-9H2,1H3,(H3,16,17). The number of aliphatic hydroxyl groups is 1. The van der Waals surface area contributed by atoms with Crippen molar-refractivity contribution in [2.24, 2.45) is 5.73 Å². The molecule has 1 aromatic rings. The molecule has 5 heteroatoms. The van der Waals surface area contributed by atoms with Gasteiger partial charge in [-0.05, 0) is 25.0 Å². The first-order valence-corrected chi connectivity index (χ1v) is 6.87. The fourth-order valence-corrected chi connectivity index (χ4v) is 3.09. The highest BCUT2D eigenvalue weighted by molar-refractivity contribution is 6.34. The number of likely N-dealkylation sites (N-methyl/N-ethyl adjacent to an activating group) is 1. The van der Waals surface area contributed by atoms with Crippen molar-refractivity contribution in [2.45, 2.75) is 31.3 Å². The van der Waals surface area contributed by atoms with Crippen LogP contribution in [0.5, 0.6) is 0 Å². The summed E-state index contributed by atoms with van der Waals surface area (Å²) in [6.07, 6.45) is 3.79. The predicted octanol–water partition coefficient (Wildman–Crippen LogP) is 2.37. The molecule has 0 bridgehead atoms. The Bertz CT molecular complexity index is 484. The van der Waals surface area contributed by atoms with Crippen molar-refractivity contribution < 1.29 is 5.11 Å². The molecule has 0 heterocycles. The van der Waals surface area contributed by atoms with Crippen LogP contribution in [0, 0.1) is 5.41 Å². The largest absolute Gasteiger partial charge is 0.388 e. The zero-order chi connectivity index (χ0) is 14.0. The normalized spacial score (nSPS) is 17.4. The van der Waals surface area contributed by atoms with E-state index in [9.17, 15) is 5.11 Å². The lowest BCUT2D eigenvalue weighted by molar-refractivity contribution is 0.0559. The Morgan fingerprint density at radius 2 is 2.11 bits per heavy atom. The summed E-state index contributed by atoms with van der Waals surface area (Å²) in [5.41, 5.74) is 6.30. The zero-order valence-electron chi connectivity index (χ0n) is 11.1. The molecule has 1 aromatic carbocycles. The smallest absolute Gasteiger partial charge is 0.126 e. The Kier molecular flexibility index (Phi) is 4.02. The maximum absolute atomic E-state index is 10.5. The maximum atomic E-state index is 10.5. The van der Waals surface area contributed by atoms with Crippen molar-refractivity contribution in [3.05, 3.63) is 28.8 Å². The van der Waals surface area contributed by atoms with Crippen LogP contribution in [0.1, 0.15) is 31.2 Å². The van der Waals surface area contributed by atoms with E-state index in [1.165, 1.54) is 0 Å². The highest BCUT2D eigenvalue weighted by Gasteiger charge is 2.32. The Morgan fingerprint density at radius 1 is 1.47 bits per heavy atom. The third-order valence-corrected chi connectivity index (χ3v) is 4.05. The van der Waals surface area contributed by atoms with E-state index >= 15 is 0 Å². The fourth-order valence-electron chi connectivity index (χ4n) is 2.82. The van der Waals surface area contributed by atoms with Crippen LogP contribution in [-0.4, -0.2) is 30.1 Å². The minimum absolute atomic E-state index is 0.0501. The van der Waals surface area contributed by atoms with Gasteiger partial charge in [0.15, 0.2) is 0 Å². The number of hydrogen-bond donors (Lipinski definition) is 3. The molecule has 1 saturated carbocycles. The van der Waals surface area contributed by atoms with Crippen LogP contribution in [0.15, 0.2) is 18.2 Å². The van der Waals surface area contributed by atoms with Crippen LogP contribution >= 0.6 is 11.6 Å². The topological polar surface area (TPSA) is 73.3 Å². The van der Waals surface area contributed by atoms with Crippen LogP contribution in [0.2, 0.25) is 5.02 Å². The molecule has 0 radical (unpaired) electrons. The van der Waals surface area contributed by atoms with Gasteiger partial charge in [0.05, 0.1) is 16.2 Å². The third-order valence-electron chi connectivity index (χ3n) is 3.74. The molecule has 2 rings (SSSR count). The van der Waals surface area contributed by atoms with Crippen molar-refractivity contribution in [3.63, 3.8) is 0 Å². The van der Waals surface area contributed by atoms with Crippen molar-refractivity contribution in [3.8, 4) is 0 Å². The summed E-state index contributed by atoms with van der Waals surface area (Å²) in [5, 5.41) is 18.6. The number of nitrogen functional groups attached to an aromatic ring is 1. The molecule has 0 unspecified atom stereocenters. The van der Waals surface area contributed by atoms with Gasteiger partial charge in [0.25, 0.3) is 0 Å². The van der Waals surface area contributed by atoms with Crippen LogP contribution in [0.4, 0.5) is 5.69 Å². The number of amidine groups is 1. The first-order chi connectivity index (χ1) is 8.93. The predicted molar refractivity (Wildman–Crippen MR) is 79.2 cm³/mol. The van der Waals surface area contributed by atoms with Crippen molar-refractivity contribution >= 4 is 23.1 Å². The van der Waals surface area contributed by atoms with Gasteiger partial charge < -0.3 is 15.7 Å².